The molecular formula is C24H21F2N5O2. The van der Waals surface area contributed by atoms with E-state index in [-0.39, 0.29) is 22.6 Å². The van der Waals surface area contributed by atoms with Crippen LogP contribution < -0.4 is 10.2 Å². The van der Waals surface area contributed by atoms with Crippen LogP contribution in [0.1, 0.15) is 53.6 Å². The number of halogens is 2. The number of aliphatic imine (C=N–C) groups is 1. The minimum atomic E-state index is -2.77. The maximum atomic E-state index is 13.8. The van der Waals surface area contributed by atoms with E-state index in [1.165, 1.54) is 36.4 Å². The summed E-state index contributed by atoms with van der Waals surface area (Å²) in [6.07, 6.45) is -1.75. The van der Waals surface area contributed by atoms with Gasteiger partial charge in [-0.05, 0) is 49.1 Å². The average Bonchev–Trinajstić information content (AvgIpc) is 3.26. The van der Waals surface area contributed by atoms with Crippen molar-refractivity contribution in [2.24, 2.45) is 4.99 Å². The lowest BCUT2D eigenvalue weighted by molar-refractivity contribution is 0.0338. The first-order valence-corrected chi connectivity index (χ1v) is 10.5. The van der Waals surface area contributed by atoms with E-state index in [2.05, 4.69) is 34.6 Å². The minimum Gasteiger partial charge on any atom is -0.495 e. The third-order valence-electron chi connectivity index (χ3n) is 6.16. The van der Waals surface area contributed by atoms with Crippen LogP contribution in [-0.4, -0.2) is 22.7 Å². The monoisotopic (exact) mass is 449 g/mol. The maximum Gasteiger partial charge on any atom is 0.280 e. The van der Waals surface area contributed by atoms with E-state index in [0.717, 1.165) is 17.5 Å². The Kier molecular flexibility index (Phi) is 5.10. The highest BCUT2D eigenvalue weighted by atomic mass is 19.3. The van der Waals surface area contributed by atoms with Crippen molar-refractivity contribution < 1.29 is 18.4 Å². The highest BCUT2D eigenvalue weighted by Crippen LogP contribution is 2.51. The number of ether oxygens (including phenoxy) is 1. The van der Waals surface area contributed by atoms with Crippen molar-refractivity contribution in [3.8, 4) is 17.5 Å². The van der Waals surface area contributed by atoms with E-state index in [9.17, 15) is 14.0 Å². The van der Waals surface area contributed by atoms with Crippen LogP contribution in [0.5, 0.6) is 5.75 Å². The third-order valence-corrected chi connectivity index (χ3v) is 6.16. The van der Waals surface area contributed by atoms with Crippen LogP contribution in [-0.2, 0) is 10.3 Å². The van der Waals surface area contributed by atoms with Gasteiger partial charge in [-0.1, -0.05) is 24.3 Å². The van der Waals surface area contributed by atoms with Gasteiger partial charge in [0, 0.05) is 6.07 Å². The van der Waals surface area contributed by atoms with Gasteiger partial charge >= 0.3 is 0 Å². The van der Waals surface area contributed by atoms with E-state index in [4.69, 9.17) is 9.57 Å². The first-order valence-electron chi connectivity index (χ1n) is 10.5. The predicted octanol–water partition coefficient (Wildman–Crippen LogP) is 4.66. The largest absolute Gasteiger partial charge is 0.495 e. The zero-order valence-corrected chi connectivity index (χ0v) is 18.0. The fourth-order valence-corrected chi connectivity index (χ4v) is 4.30. The lowest BCUT2D eigenvalue weighted by atomic mass is 9.91. The van der Waals surface area contributed by atoms with E-state index in [0.29, 0.717) is 17.1 Å². The molecule has 1 saturated carbocycles. The van der Waals surface area contributed by atoms with Gasteiger partial charge in [-0.2, -0.15) is 10.4 Å². The summed E-state index contributed by atoms with van der Waals surface area (Å²) in [5.74, 6) is 0.968. The number of hydroxylamine groups is 1. The number of nitrogens with one attached hydrogen (secondary N) is 1. The summed E-state index contributed by atoms with van der Waals surface area (Å²) in [5, 5.41) is 13.6. The standard InChI is InChI=1S/C24H21F2N5O2/c1-14-5-3-4-6-17(14)24(9-10-24)23-28-22(33-30-23)18-12-19(21(25)26)31(29-18)16-8-7-15(13-27)20(11-16)32-2/h3-8,11-12,21-22H,9-10H2,1-2H3,(H,28,30). The summed E-state index contributed by atoms with van der Waals surface area (Å²) in [4.78, 5) is 10.3. The molecule has 1 unspecified atom stereocenters. The van der Waals surface area contributed by atoms with Crippen molar-refractivity contribution in [1.29, 1.82) is 5.26 Å². The topological polar surface area (TPSA) is 84.5 Å². The second-order valence-corrected chi connectivity index (χ2v) is 8.15. The van der Waals surface area contributed by atoms with Crippen LogP contribution >= 0.6 is 0 Å². The number of nitriles is 1. The molecule has 1 aliphatic carbocycles. The molecule has 9 heteroatoms. The lowest BCUT2D eigenvalue weighted by Gasteiger charge is -2.17. The Morgan fingerprint density at radius 3 is 2.70 bits per heavy atom. The molecule has 0 amide bonds. The molecule has 3 aromatic rings. The Morgan fingerprint density at radius 2 is 2.03 bits per heavy atom. The summed E-state index contributed by atoms with van der Waals surface area (Å²) in [5.41, 5.74) is 5.64. The highest BCUT2D eigenvalue weighted by molar-refractivity contribution is 5.96. The van der Waals surface area contributed by atoms with E-state index in [1.54, 1.807) is 6.07 Å². The summed E-state index contributed by atoms with van der Waals surface area (Å²) >= 11 is 0. The molecule has 5 rings (SSSR count). The van der Waals surface area contributed by atoms with Crippen LogP contribution in [0.2, 0.25) is 0 Å². The number of rotatable bonds is 6. The molecule has 1 fully saturated rings. The van der Waals surface area contributed by atoms with Gasteiger partial charge in [-0.15, -0.1) is 0 Å². The van der Waals surface area contributed by atoms with Crippen LogP contribution in [0.25, 0.3) is 5.69 Å². The molecule has 1 aromatic heterocycles. The second kappa shape index (κ2) is 7.98. The first kappa shape index (κ1) is 21.1. The Hall–Kier alpha value is -3.77. The molecule has 2 aliphatic rings. The molecule has 0 radical (unpaired) electrons. The van der Waals surface area contributed by atoms with Gasteiger partial charge in [-0.25, -0.2) is 28.8 Å². The van der Waals surface area contributed by atoms with Gasteiger partial charge in [0.2, 0.25) is 6.23 Å². The normalized spacial score (nSPS) is 18.5. The van der Waals surface area contributed by atoms with E-state index in [1.807, 2.05) is 18.2 Å². The number of hydrogen-bond acceptors (Lipinski definition) is 6. The third kappa shape index (κ3) is 3.52. The minimum absolute atomic E-state index is 0.241. The molecule has 33 heavy (non-hydrogen) atoms. The molecule has 1 aliphatic heterocycles. The number of benzene rings is 2. The summed E-state index contributed by atoms with van der Waals surface area (Å²) in [6, 6.07) is 16.0. The second-order valence-electron chi connectivity index (χ2n) is 8.15. The molecule has 1 N–H and O–H groups in total. The van der Waals surface area contributed by atoms with Crippen LogP contribution in [0.4, 0.5) is 8.78 Å². The summed E-state index contributed by atoms with van der Waals surface area (Å²) in [6.45, 7) is 2.06. The fraction of sp³-hybridized carbons (Fsp3) is 0.292. The zero-order chi connectivity index (χ0) is 23.2. The predicted molar refractivity (Wildman–Crippen MR) is 116 cm³/mol. The quantitative estimate of drug-likeness (QED) is 0.592. The summed E-state index contributed by atoms with van der Waals surface area (Å²) in [7, 11) is 1.42. The van der Waals surface area contributed by atoms with Gasteiger partial charge in [0.15, 0.2) is 0 Å². The molecule has 0 spiro atoms. The summed E-state index contributed by atoms with van der Waals surface area (Å²) < 4.78 is 34.0. The lowest BCUT2D eigenvalue weighted by Crippen LogP contribution is -2.31. The molecule has 2 aromatic carbocycles. The number of aromatic nitrogens is 2. The van der Waals surface area contributed by atoms with Crippen molar-refractivity contribution in [3.05, 3.63) is 76.6 Å². The van der Waals surface area contributed by atoms with Gasteiger partial charge in [0.1, 0.15) is 29.0 Å². The van der Waals surface area contributed by atoms with Gasteiger partial charge in [0.05, 0.1) is 23.8 Å². The average molecular weight is 449 g/mol. The van der Waals surface area contributed by atoms with Crippen molar-refractivity contribution in [2.75, 3.05) is 7.11 Å². The van der Waals surface area contributed by atoms with Crippen LogP contribution in [0, 0.1) is 18.3 Å². The fourth-order valence-electron chi connectivity index (χ4n) is 4.30. The molecule has 168 valence electrons. The number of methoxy groups -OCH3 is 1. The maximum absolute atomic E-state index is 13.8. The molecular weight excluding hydrogens is 428 g/mol. The Morgan fingerprint density at radius 1 is 1.24 bits per heavy atom. The first-order chi connectivity index (χ1) is 16.0. The SMILES string of the molecule is COc1cc(-n2nc(C3N=C(C4(c5ccccc5C)CC4)NO3)cc2C(F)F)ccc1C#N. The molecule has 7 nitrogen and oxygen atoms in total. The van der Waals surface area contributed by atoms with E-state index < -0.39 is 12.7 Å². The van der Waals surface area contributed by atoms with E-state index >= 15 is 0 Å². The van der Waals surface area contributed by atoms with Crippen molar-refractivity contribution in [3.63, 3.8) is 0 Å². The number of hydrogen-bond donors (Lipinski definition) is 1. The number of aryl methyl sites for hydroxylation is 1. The highest BCUT2D eigenvalue weighted by Gasteiger charge is 2.52. The molecule has 2 heterocycles. The van der Waals surface area contributed by atoms with Crippen LogP contribution in [0.15, 0.2) is 53.5 Å². The van der Waals surface area contributed by atoms with Crippen LogP contribution in [0.3, 0.4) is 0 Å². The number of nitrogens with zero attached hydrogens (tertiary/aromatic N) is 4. The zero-order valence-electron chi connectivity index (χ0n) is 18.0. The number of alkyl halides is 2. The van der Waals surface area contributed by atoms with Gasteiger partial charge < -0.3 is 4.74 Å². The molecule has 0 saturated heterocycles. The molecule has 0 bridgehead atoms. The Labute approximate surface area is 189 Å². The Bertz CT molecular complexity index is 1290. The number of amidine groups is 1. The van der Waals surface area contributed by atoms with Crippen molar-refractivity contribution in [1.82, 2.24) is 15.3 Å². The van der Waals surface area contributed by atoms with Gasteiger partial charge in [-0.3, -0.25) is 0 Å². The van der Waals surface area contributed by atoms with Crippen molar-refractivity contribution in [2.45, 2.75) is 37.8 Å². The van der Waals surface area contributed by atoms with Crippen molar-refractivity contribution >= 4 is 5.84 Å². The molecule has 1 atom stereocenters. The van der Waals surface area contributed by atoms with Gasteiger partial charge in [0.25, 0.3) is 6.43 Å². The smallest absolute Gasteiger partial charge is 0.280 e. The Balaban J connectivity index is 1.50.